The summed E-state index contributed by atoms with van der Waals surface area (Å²) in [6, 6.07) is 81.9. The summed E-state index contributed by atoms with van der Waals surface area (Å²) in [4.78, 5) is 16.3. The zero-order valence-electron chi connectivity index (χ0n) is 51.7. The number of aromatic nitrogens is 2. The second kappa shape index (κ2) is 27.1. The van der Waals surface area contributed by atoms with Crippen LogP contribution in [-0.4, -0.2) is 9.97 Å². The SMILES string of the molecule is CCCCCCC1(CCCCCC)c2ccc(N(c3ccccc3)c3ccccc3)cc2-c2ccc(-c3nc4ccccc4nc3-c3ccc4c(c3)C(CCCCCC)(CCCCCC)c3ccc(N(c5ccccc5)c5ccccc5)cc3-4)cc21. The van der Waals surface area contributed by atoms with E-state index >= 15 is 0 Å². The number of hydrogen-bond acceptors (Lipinski definition) is 4. The van der Waals surface area contributed by atoms with Gasteiger partial charge in [-0.3, -0.25) is 0 Å². The maximum atomic E-state index is 5.75. The number of hydrogen-bond donors (Lipinski definition) is 0. The van der Waals surface area contributed by atoms with Gasteiger partial charge in [0.05, 0.1) is 22.4 Å². The molecule has 0 aliphatic heterocycles. The van der Waals surface area contributed by atoms with Crippen LogP contribution < -0.4 is 9.80 Å². The predicted octanol–water partition coefficient (Wildman–Crippen LogP) is 24.3. The Balaban J connectivity index is 1.04. The van der Waals surface area contributed by atoms with Gasteiger partial charge in [-0.1, -0.05) is 252 Å². The van der Waals surface area contributed by atoms with Gasteiger partial charge in [0.2, 0.25) is 0 Å². The molecule has 2 aliphatic rings. The lowest BCUT2D eigenvalue weighted by atomic mass is 9.70. The van der Waals surface area contributed by atoms with Crippen LogP contribution in [0.4, 0.5) is 34.1 Å². The van der Waals surface area contributed by atoms with Gasteiger partial charge in [-0.15, -0.1) is 0 Å². The van der Waals surface area contributed by atoms with Crippen molar-refractivity contribution in [1.29, 1.82) is 0 Å². The van der Waals surface area contributed by atoms with Gasteiger partial charge in [0.25, 0.3) is 0 Å². The third-order valence-electron chi connectivity index (χ3n) is 19.2. The van der Waals surface area contributed by atoms with Gasteiger partial charge in [0, 0.05) is 56.1 Å². The van der Waals surface area contributed by atoms with E-state index in [4.69, 9.17) is 9.97 Å². The molecular weight excluding hydrogens is 1040 g/mol. The molecule has 4 nitrogen and oxygen atoms in total. The van der Waals surface area contributed by atoms with Crippen molar-refractivity contribution in [2.45, 2.75) is 167 Å². The summed E-state index contributed by atoms with van der Waals surface area (Å²) >= 11 is 0. The predicted molar refractivity (Wildman–Crippen MR) is 367 cm³/mol. The van der Waals surface area contributed by atoms with Crippen molar-refractivity contribution in [3.05, 3.63) is 241 Å². The molecule has 1 aromatic heterocycles. The van der Waals surface area contributed by atoms with Gasteiger partial charge >= 0.3 is 0 Å². The molecule has 12 rings (SSSR count). The molecule has 4 heteroatoms. The van der Waals surface area contributed by atoms with Gasteiger partial charge in [-0.05, 0) is 167 Å². The summed E-state index contributed by atoms with van der Waals surface area (Å²) in [5.74, 6) is 0. The topological polar surface area (TPSA) is 32.3 Å². The fourth-order valence-electron chi connectivity index (χ4n) is 14.9. The number of fused-ring (bicyclic) bond motifs is 7. The molecule has 9 aromatic carbocycles. The van der Waals surface area contributed by atoms with Crippen LogP contribution in [0.3, 0.4) is 0 Å². The molecule has 0 atom stereocenters. The summed E-state index contributed by atoms with van der Waals surface area (Å²) in [5.41, 5.74) is 24.1. The Morgan fingerprint density at radius 3 is 0.895 bits per heavy atom. The third kappa shape index (κ3) is 11.7. The fourth-order valence-corrected chi connectivity index (χ4v) is 14.9. The van der Waals surface area contributed by atoms with Crippen LogP contribution in [-0.2, 0) is 10.8 Å². The second-order valence-corrected chi connectivity index (χ2v) is 24.8. The Hall–Kier alpha value is -8.08. The van der Waals surface area contributed by atoms with Crippen LogP contribution in [0.5, 0.6) is 0 Å². The molecule has 0 unspecified atom stereocenters. The van der Waals surface area contributed by atoms with Crippen molar-refractivity contribution in [3.8, 4) is 44.8 Å². The number of rotatable bonds is 28. The van der Waals surface area contributed by atoms with Crippen LogP contribution in [0.2, 0.25) is 0 Å². The van der Waals surface area contributed by atoms with E-state index in [9.17, 15) is 0 Å². The normalized spacial score (nSPS) is 13.3. The highest BCUT2D eigenvalue weighted by Crippen LogP contribution is 2.59. The number of para-hydroxylation sites is 6. The lowest BCUT2D eigenvalue weighted by Gasteiger charge is -2.34. The Morgan fingerprint density at radius 1 is 0.267 bits per heavy atom. The highest BCUT2D eigenvalue weighted by atomic mass is 15.1. The molecule has 0 fully saturated rings. The van der Waals surface area contributed by atoms with Crippen molar-refractivity contribution >= 4 is 45.2 Å². The molecule has 1 heterocycles. The van der Waals surface area contributed by atoms with Crippen molar-refractivity contribution < 1.29 is 0 Å². The van der Waals surface area contributed by atoms with Crippen LogP contribution in [0.1, 0.15) is 178 Å². The lowest BCUT2D eigenvalue weighted by Crippen LogP contribution is -2.26. The highest BCUT2D eigenvalue weighted by molar-refractivity contribution is 5.93. The fraction of sp³-hybridized carbons (Fsp3) is 0.317. The van der Waals surface area contributed by atoms with Gasteiger partial charge in [-0.25, -0.2) is 9.97 Å². The van der Waals surface area contributed by atoms with E-state index < -0.39 is 0 Å². The standard InChI is InChI=1S/C82H88N4/c1-5-9-13-31-53-81(54-32-14-10-6-2)73-51-47-67(85(63-35-21-17-22-36-63)64-37-23-18-24-38-64)59-71(73)69-49-45-61(57-75(69)81)79-80(84-78-44-30-29-43-77(78)83-79)62-46-50-70-72-60-68(86(65-39-25-19-26-40-65)66-41-27-20-28-42-66)48-52-74(72)82(76(70)58-62,55-33-15-11-7-3)56-34-16-12-8-4/h17-30,35-52,57-60H,5-16,31-34,53-56H2,1-4H3. The van der Waals surface area contributed by atoms with Crippen LogP contribution in [0.15, 0.2) is 218 Å². The first kappa shape index (κ1) is 58.3. The van der Waals surface area contributed by atoms with E-state index in [2.05, 4.69) is 256 Å². The molecule has 2 aliphatic carbocycles. The first-order valence-electron chi connectivity index (χ1n) is 33.2. The van der Waals surface area contributed by atoms with Gasteiger partial charge in [-0.2, -0.15) is 0 Å². The number of nitrogens with zero attached hydrogens (tertiary/aromatic N) is 4. The molecule has 0 N–H and O–H groups in total. The average Bonchev–Trinajstić information content (AvgIpc) is 1.58. The molecule has 436 valence electrons. The first-order valence-corrected chi connectivity index (χ1v) is 33.2. The zero-order valence-corrected chi connectivity index (χ0v) is 51.7. The Kier molecular flexibility index (Phi) is 18.4. The smallest absolute Gasteiger partial charge is 0.0973 e. The Labute approximate surface area is 514 Å². The highest BCUT2D eigenvalue weighted by Gasteiger charge is 2.45. The molecular formula is C82H88N4. The van der Waals surface area contributed by atoms with E-state index in [1.54, 1.807) is 0 Å². The summed E-state index contributed by atoms with van der Waals surface area (Å²) in [6.45, 7) is 9.35. The molecule has 0 amide bonds. The summed E-state index contributed by atoms with van der Waals surface area (Å²) in [7, 11) is 0. The van der Waals surface area contributed by atoms with E-state index in [0.717, 1.165) is 82.0 Å². The quantitative estimate of drug-likeness (QED) is 0.0458. The monoisotopic (exact) mass is 1130 g/mol. The first-order chi connectivity index (χ1) is 42.5. The summed E-state index contributed by atoms with van der Waals surface area (Å²) in [5, 5.41) is 0. The van der Waals surface area contributed by atoms with Crippen molar-refractivity contribution in [2.24, 2.45) is 0 Å². The van der Waals surface area contributed by atoms with E-state index in [1.807, 2.05) is 0 Å². The average molecular weight is 1130 g/mol. The number of anilines is 6. The number of benzene rings is 9. The van der Waals surface area contributed by atoms with E-state index in [1.165, 1.54) is 159 Å². The Morgan fingerprint density at radius 2 is 0.581 bits per heavy atom. The van der Waals surface area contributed by atoms with Crippen LogP contribution in [0.25, 0.3) is 55.8 Å². The van der Waals surface area contributed by atoms with E-state index in [-0.39, 0.29) is 10.8 Å². The van der Waals surface area contributed by atoms with Crippen LogP contribution in [0, 0.1) is 0 Å². The molecule has 10 aromatic rings. The van der Waals surface area contributed by atoms with Gasteiger partial charge in [0.1, 0.15) is 0 Å². The molecule has 0 spiro atoms. The molecule has 0 saturated carbocycles. The van der Waals surface area contributed by atoms with Gasteiger partial charge < -0.3 is 9.80 Å². The zero-order chi connectivity index (χ0) is 58.7. The van der Waals surface area contributed by atoms with Crippen LogP contribution >= 0.6 is 0 Å². The maximum Gasteiger partial charge on any atom is 0.0973 e. The van der Waals surface area contributed by atoms with Crippen molar-refractivity contribution in [1.82, 2.24) is 9.97 Å². The van der Waals surface area contributed by atoms with Crippen molar-refractivity contribution in [2.75, 3.05) is 9.80 Å². The van der Waals surface area contributed by atoms with E-state index in [0.29, 0.717) is 0 Å². The minimum atomic E-state index is -0.139. The third-order valence-corrected chi connectivity index (χ3v) is 19.2. The summed E-state index contributed by atoms with van der Waals surface area (Å²) in [6.07, 6.45) is 24.2. The van der Waals surface area contributed by atoms with Gasteiger partial charge in [0.15, 0.2) is 0 Å². The molecule has 0 bridgehead atoms. The molecule has 0 radical (unpaired) electrons. The summed E-state index contributed by atoms with van der Waals surface area (Å²) < 4.78 is 0. The maximum absolute atomic E-state index is 5.75. The lowest BCUT2D eigenvalue weighted by molar-refractivity contribution is 0.401. The Bertz CT molecular complexity index is 3490. The van der Waals surface area contributed by atoms with Crippen molar-refractivity contribution in [3.63, 3.8) is 0 Å². The number of unbranched alkanes of at least 4 members (excludes halogenated alkanes) is 12. The largest absolute Gasteiger partial charge is 0.310 e. The second-order valence-electron chi connectivity index (χ2n) is 24.8. The minimum Gasteiger partial charge on any atom is -0.310 e. The minimum absolute atomic E-state index is 0.139. The molecule has 0 saturated heterocycles. The molecule has 86 heavy (non-hydrogen) atoms.